The number of piperidine rings is 1. The smallest absolute Gasteiger partial charge is 0.258 e. The van der Waals surface area contributed by atoms with Crippen LogP contribution >= 0.6 is 12.4 Å². The molecule has 2 N–H and O–H groups in total. The average Bonchev–Trinajstić information content (AvgIpc) is 2.46. The van der Waals surface area contributed by atoms with Crippen molar-refractivity contribution in [2.75, 3.05) is 19.7 Å². The van der Waals surface area contributed by atoms with E-state index < -0.39 is 0 Å². The minimum atomic E-state index is -0.0420. The maximum absolute atomic E-state index is 11.8. The Bertz CT molecular complexity index is 420. The Balaban J connectivity index is 0.00000200. The normalized spacial score (nSPS) is 17.9. The molecule has 1 heterocycles. The van der Waals surface area contributed by atoms with Gasteiger partial charge in [-0.15, -0.1) is 12.4 Å². The second-order valence-corrected chi connectivity index (χ2v) is 4.86. The zero-order valence-corrected chi connectivity index (χ0v) is 12.7. The van der Waals surface area contributed by atoms with Gasteiger partial charge in [-0.2, -0.15) is 0 Å². The van der Waals surface area contributed by atoms with Crippen molar-refractivity contribution in [3.05, 3.63) is 29.8 Å². The van der Waals surface area contributed by atoms with Gasteiger partial charge in [-0.25, -0.2) is 0 Å². The van der Waals surface area contributed by atoms with Crippen molar-refractivity contribution >= 4 is 18.3 Å². The minimum absolute atomic E-state index is 0. The van der Waals surface area contributed by atoms with Gasteiger partial charge in [0.05, 0.1) is 0 Å². The molecule has 0 radical (unpaired) electrons. The molecule has 1 amide bonds. The van der Waals surface area contributed by atoms with E-state index in [0.717, 1.165) is 43.7 Å². The third-order valence-corrected chi connectivity index (χ3v) is 3.37. The summed E-state index contributed by atoms with van der Waals surface area (Å²) in [5.41, 5.74) is 1.13. The Morgan fingerprint density at radius 3 is 2.95 bits per heavy atom. The van der Waals surface area contributed by atoms with Crippen LogP contribution in [-0.4, -0.2) is 31.6 Å². The Kier molecular flexibility index (Phi) is 7.41. The topological polar surface area (TPSA) is 50.4 Å². The Morgan fingerprint density at radius 1 is 1.45 bits per heavy atom. The van der Waals surface area contributed by atoms with E-state index in [1.54, 1.807) is 0 Å². The van der Waals surface area contributed by atoms with Crippen molar-refractivity contribution in [2.45, 2.75) is 32.2 Å². The zero-order valence-electron chi connectivity index (χ0n) is 11.9. The number of carbonyl (C=O) groups excluding carboxylic acids is 1. The summed E-state index contributed by atoms with van der Waals surface area (Å²) in [6.45, 7) is 4.08. The molecule has 1 atom stereocenters. The first-order valence-electron chi connectivity index (χ1n) is 7.00. The van der Waals surface area contributed by atoms with Gasteiger partial charge in [-0.05, 0) is 37.4 Å². The molecule has 1 aliphatic heterocycles. The number of amides is 1. The van der Waals surface area contributed by atoms with Crippen molar-refractivity contribution in [3.63, 3.8) is 0 Å². The number of rotatable bonds is 5. The van der Waals surface area contributed by atoms with E-state index in [2.05, 4.69) is 17.6 Å². The molecule has 20 heavy (non-hydrogen) atoms. The van der Waals surface area contributed by atoms with E-state index in [-0.39, 0.29) is 31.0 Å². The molecular weight excluding hydrogens is 276 g/mol. The highest BCUT2D eigenvalue weighted by Gasteiger charge is 2.15. The van der Waals surface area contributed by atoms with E-state index in [4.69, 9.17) is 4.74 Å². The number of ether oxygens (including phenoxy) is 1. The predicted octanol–water partition coefficient (Wildman–Crippen LogP) is 1.92. The number of aryl methyl sites for hydroxylation is 1. The molecule has 4 nitrogen and oxygen atoms in total. The van der Waals surface area contributed by atoms with Crippen LogP contribution in [0.1, 0.15) is 25.3 Å². The van der Waals surface area contributed by atoms with E-state index in [1.807, 2.05) is 24.3 Å². The molecule has 112 valence electrons. The molecule has 0 spiro atoms. The summed E-state index contributed by atoms with van der Waals surface area (Å²) in [6, 6.07) is 8.09. The first-order valence-corrected chi connectivity index (χ1v) is 7.00. The van der Waals surface area contributed by atoms with Crippen LogP contribution in [0.3, 0.4) is 0 Å². The van der Waals surface area contributed by atoms with Crippen LogP contribution in [0.4, 0.5) is 0 Å². The molecule has 2 rings (SSSR count). The Morgan fingerprint density at radius 2 is 2.25 bits per heavy atom. The fourth-order valence-electron chi connectivity index (χ4n) is 2.32. The van der Waals surface area contributed by atoms with Crippen molar-refractivity contribution in [2.24, 2.45) is 0 Å². The lowest BCUT2D eigenvalue weighted by molar-refractivity contribution is -0.123. The zero-order chi connectivity index (χ0) is 13.5. The molecule has 0 bridgehead atoms. The summed E-state index contributed by atoms with van der Waals surface area (Å²) in [7, 11) is 0. The number of benzene rings is 1. The SMILES string of the molecule is CCc1ccccc1OCC(=O)N[C@H]1CCCNC1.Cl. The van der Waals surface area contributed by atoms with Gasteiger partial charge in [-0.1, -0.05) is 25.1 Å². The van der Waals surface area contributed by atoms with Crippen molar-refractivity contribution in [1.82, 2.24) is 10.6 Å². The molecule has 1 aliphatic rings. The lowest BCUT2D eigenvalue weighted by atomic mass is 10.1. The first kappa shape index (κ1) is 16.8. The number of hydrogen-bond donors (Lipinski definition) is 2. The lowest BCUT2D eigenvalue weighted by Gasteiger charge is -2.23. The van der Waals surface area contributed by atoms with Gasteiger partial charge in [-0.3, -0.25) is 4.79 Å². The molecule has 1 aromatic carbocycles. The van der Waals surface area contributed by atoms with Crippen molar-refractivity contribution < 1.29 is 9.53 Å². The molecule has 0 aromatic heterocycles. The van der Waals surface area contributed by atoms with Crippen LogP contribution in [-0.2, 0) is 11.2 Å². The fourth-order valence-corrected chi connectivity index (χ4v) is 2.32. The van der Waals surface area contributed by atoms with E-state index in [1.165, 1.54) is 0 Å². The number of nitrogens with one attached hydrogen (secondary N) is 2. The van der Waals surface area contributed by atoms with E-state index >= 15 is 0 Å². The van der Waals surface area contributed by atoms with Crippen LogP contribution < -0.4 is 15.4 Å². The van der Waals surface area contributed by atoms with Crippen LogP contribution in [0.5, 0.6) is 5.75 Å². The summed E-state index contributed by atoms with van der Waals surface area (Å²) in [5, 5.41) is 6.28. The first-order chi connectivity index (χ1) is 9.29. The van der Waals surface area contributed by atoms with Crippen LogP contribution in [0, 0.1) is 0 Å². The largest absolute Gasteiger partial charge is 0.483 e. The fraction of sp³-hybridized carbons (Fsp3) is 0.533. The van der Waals surface area contributed by atoms with Gasteiger partial charge >= 0.3 is 0 Å². The number of hydrogen-bond acceptors (Lipinski definition) is 3. The van der Waals surface area contributed by atoms with Crippen LogP contribution in [0.2, 0.25) is 0 Å². The Labute approximate surface area is 126 Å². The quantitative estimate of drug-likeness (QED) is 0.873. The van der Waals surface area contributed by atoms with Crippen LogP contribution in [0.25, 0.3) is 0 Å². The Hall–Kier alpha value is -1.26. The summed E-state index contributed by atoms with van der Waals surface area (Å²) >= 11 is 0. The molecule has 1 saturated heterocycles. The molecule has 1 aromatic rings. The highest BCUT2D eigenvalue weighted by molar-refractivity contribution is 5.85. The second-order valence-electron chi connectivity index (χ2n) is 4.86. The maximum atomic E-state index is 11.8. The monoisotopic (exact) mass is 298 g/mol. The minimum Gasteiger partial charge on any atom is -0.483 e. The second kappa shape index (κ2) is 8.82. The third-order valence-electron chi connectivity index (χ3n) is 3.37. The van der Waals surface area contributed by atoms with E-state index in [9.17, 15) is 4.79 Å². The van der Waals surface area contributed by atoms with Crippen LogP contribution in [0.15, 0.2) is 24.3 Å². The molecule has 5 heteroatoms. The van der Waals surface area contributed by atoms with Gasteiger partial charge in [0, 0.05) is 12.6 Å². The number of halogens is 1. The molecule has 1 fully saturated rings. The predicted molar refractivity (Wildman–Crippen MR) is 82.6 cm³/mol. The lowest BCUT2D eigenvalue weighted by Crippen LogP contribution is -2.47. The third kappa shape index (κ3) is 5.02. The average molecular weight is 299 g/mol. The highest BCUT2D eigenvalue weighted by atomic mass is 35.5. The van der Waals surface area contributed by atoms with Gasteiger partial charge in [0.1, 0.15) is 5.75 Å². The standard InChI is InChI=1S/C15H22N2O2.ClH/c1-2-12-6-3-4-8-14(12)19-11-15(18)17-13-7-5-9-16-10-13;/h3-4,6,8,13,16H,2,5,7,9-11H2,1H3,(H,17,18);1H/t13-;/m0./s1. The van der Waals surface area contributed by atoms with Crippen molar-refractivity contribution in [3.8, 4) is 5.75 Å². The van der Waals surface area contributed by atoms with E-state index in [0.29, 0.717) is 0 Å². The molecular formula is C15H23ClN2O2. The summed E-state index contributed by atoms with van der Waals surface area (Å²) < 4.78 is 5.60. The maximum Gasteiger partial charge on any atom is 0.258 e. The molecule has 0 unspecified atom stereocenters. The molecule has 0 saturated carbocycles. The summed E-state index contributed by atoms with van der Waals surface area (Å²) in [6.07, 6.45) is 3.07. The van der Waals surface area contributed by atoms with Gasteiger partial charge < -0.3 is 15.4 Å². The van der Waals surface area contributed by atoms with Gasteiger partial charge in [0.25, 0.3) is 5.91 Å². The summed E-state index contributed by atoms with van der Waals surface area (Å²) in [5.74, 6) is 0.765. The van der Waals surface area contributed by atoms with Crippen molar-refractivity contribution in [1.29, 1.82) is 0 Å². The van der Waals surface area contributed by atoms with Gasteiger partial charge in [0.2, 0.25) is 0 Å². The summed E-state index contributed by atoms with van der Waals surface area (Å²) in [4.78, 5) is 11.8. The molecule has 0 aliphatic carbocycles. The van der Waals surface area contributed by atoms with Gasteiger partial charge in [0.15, 0.2) is 6.61 Å². The number of para-hydroxylation sites is 1. The number of carbonyl (C=O) groups is 1. The highest BCUT2D eigenvalue weighted by Crippen LogP contribution is 2.17.